The number of nitrogens with zero attached hydrogens (tertiary/aromatic N) is 2. The third-order valence-corrected chi connectivity index (χ3v) is 3.70. The van der Waals surface area contributed by atoms with Gasteiger partial charge >= 0.3 is 0 Å². The zero-order chi connectivity index (χ0) is 12.8. The highest BCUT2D eigenvalue weighted by Gasteiger charge is 2.24. The predicted octanol–water partition coefficient (Wildman–Crippen LogP) is 1.99. The lowest BCUT2D eigenvalue weighted by molar-refractivity contribution is -0.00639. The van der Waals surface area contributed by atoms with E-state index in [0.717, 1.165) is 26.0 Å². The summed E-state index contributed by atoms with van der Waals surface area (Å²) in [6.07, 6.45) is 10.1. The Kier molecular flexibility index (Phi) is 5.20. The molecule has 0 spiro atoms. The maximum Gasteiger partial charge on any atom is 0.110 e. The predicted molar refractivity (Wildman–Crippen MR) is 72.7 cm³/mol. The topological polar surface area (TPSA) is 39.1 Å². The van der Waals surface area contributed by atoms with E-state index in [9.17, 15) is 0 Å². The van der Waals surface area contributed by atoms with Crippen LogP contribution in [0.5, 0.6) is 0 Å². The molecule has 2 heterocycles. The molecule has 2 rings (SSSR count). The van der Waals surface area contributed by atoms with Gasteiger partial charge in [0.25, 0.3) is 0 Å². The van der Waals surface area contributed by atoms with Gasteiger partial charge in [0, 0.05) is 38.0 Å². The van der Waals surface area contributed by atoms with E-state index in [0.29, 0.717) is 12.1 Å². The van der Waals surface area contributed by atoms with Crippen LogP contribution in [0.1, 0.15) is 38.4 Å². The van der Waals surface area contributed by atoms with Crippen LogP contribution in [0.15, 0.2) is 12.4 Å². The summed E-state index contributed by atoms with van der Waals surface area (Å²) >= 11 is 0. The Balaban J connectivity index is 1.98. The third kappa shape index (κ3) is 3.33. The van der Waals surface area contributed by atoms with Crippen LogP contribution in [0.25, 0.3) is 0 Å². The highest BCUT2D eigenvalue weighted by Crippen LogP contribution is 2.18. The van der Waals surface area contributed by atoms with Crippen LogP contribution in [-0.2, 0) is 17.7 Å². The molecular weight excluding hydrogens is 226 g/mol. The van der Waals surface area contributed by atoms with Crippen LogP contribution < -0.4 is 5.32 Å². The van der Waals surface area contributed by atoms with Crippen molar-refractivity contribution in [3.63, 3.8) is 0 Å². The van der Waals surface area contributed by atoms with Gasteiger partial charge in [-0.3, -0.25) is 0 Å². The number of ether oxygens (including phenoxy) is 1. The van der Waals surface area contributed by atoms with Crippen molar-refractivity contribution in [2.45, 2.75) is 57.7 Å². The molecule has 1 N–H and O–H groups in total. The van der Waals surface area contributed by atoms with Gasteiger partial charge in [0.2, 0.25) is 0 Å². The lowest BCUT2D eigenvalue weighted by Gasteiger charge is -2.30. The summed E-state index contributed by atoms with van der Waals surface area (Å²) in [6.45, 7) is 4.16. The zero-order valence-corrected chi connectivity index (χ0v) is 11.6. The lowest BCUT2D eigenvalue weighted by atomic mass is 9.99. The molecule has 4 heteroatoms. The van der Waals surface area contributed by atoms with E-state index in [-0.39, 0.29) is 0 Å². The molecule has 0 aliphatic carbocycles. The Morgan fingerprint density at radius 2 is 2.44 bits per heavy atom. The Labute approximate surface area is 110 Å². The molecule has 0 saturated carbocycles. The van der Waals surface area contributed by atoms with Crippen molar-refractivity contribution in [3.8, 4) is 0 Å². The van der Waals surface area contributed by atoms with Gasteiger partial charge in [-0.2, -0.15) is 0 Å². The molecule has 0 bridgehead atoms. The molecule has 1 aromatic rings. The highest BCUT2D eigenvalue weighted by molar-refractivity contribution is 4.97. The second kappa shape index (κ2) is 6.90. The van der Waals surface area contributed by atoms with Gasteiger partial charge in [-0.1, -0.05) is 6.92 Å². The van der Waals surface area contributed by atoms with E-state index in [1.807, 2.05) is 13.2 Å². The third-order valence-electron chi connectivity index (χ3n) is 3.70. The van der Waals surface area contributed by atoms with E-state index < -0.39 is 0 Å². The van der Waals surface area contributed by atoms with Crippen molar-refractivity contribution in [1.82, 2.24) is 14.9 Å². The van der Waals surface area contributed by atoms with Gasteiger partial charge in [0.1, 0.15) is 5.82 Å². The molecule has 102 valence electrons. The second-order valence-electron chi connectivity index (χ2n) is 5.04. The molecular formula is C14H25N3O. The van der Waals surface area contributed by atoms with Crippen LogP contribution in [-0.4, -0.2) is 35.4 Å². The zero-order valence-electron chi connectivity index (χ0n) is 11.6. The number of aryl methyl sites for hydroxylation is 1. The van der Waals surface area contributed by atoms with Crippen LogP contribution >= 0.6 is 0 Å². The van der Waals surface area contributed by atoms with Crippen molar-refractivity contribution in [2.24, 2.45) is 0 Å². The van der Waals surface area contributed by atoms with Gasteiger partial charge in [0.05, 0.1) is 6.10 Å². The number of nitrogens with one attached hydrogen (secondary N) is 1. The molecule has 1 aliphatic rings. The molecule has 0 radical (unpaired) electrons. The molecule has 2 unspecified atom stereocenters. The largest absolute Gasteiger partial charge is 0.377 e. The standard InChI is InChI=1S/C14H25N3O/c1-3-8-17-9-7-16-14(17)11-12(15-2)13-6-4-5-10-18-13/h7,9,12-13,15H,3-6,8,10-11H2,1-2H3. The van der Waals surface area contributed by atoms with Crippen LogP contribution in [0.4, 0.5) is 0 Å². The average Bonchev–Trinajstić information content (AvgIpc) is 2.85. The number of rotatable bonds is 6. The smallest absolute Gasteiger partial charge is 0.110 e. The van der Waals surface area contributed by atoms with E-state index in [1.165, 1.54) is 25.1 Å². The summed E-state index contributed by atoms with van der Waals surface area (Å²) in [4.78, 5) is 4.48. The summed E-state index contributed by atoms with van der Waals surface area (Å²) in [5, 5.41) is 3.40. The van der Waals surface area contributed by atoms with Crippen LogP contribution in [0, 0.1) is 0 Å². The monoisotopic (exact) mass is 251 g/mol. The van der Waals surface area contributed by atoms with Gasteiger partial charge in [-0.25, -0.2) is 4.98 Å². The molecule has 0 aromatic carbocycles. The van der Waals surface area contributed by atoms with Crippen molar-refractivity contribution in [3.05, 3.63) is 18.2 Å². The van der Waals surface area contributed by atoms with Crippen molar-refractivity contribution >= 4 is 0 Å². The first-order valence-electron chi connectivity index (χ1n) is 7.14. The van der Waals surface area contributed by atoms with Crippen molar-refractivity contribution in [1.29, 1.82) is 0 Å². The maximum absolute atomic E-state index is 5.88. The number of imidazole rings is 1. The molecule has 0 amide bonds. The Morgan fingerprint density at radius 3 is 3.11 bits per heavy atom. The minimum absolute atomic E-state index is 0.343. The SMILES string of the molecule is CCCn1ccnc1CC(NC)C1CCCCO1. The number of likely N-dealkylation sites (N-methyl/N-ethyl adjacent to an activating group) is 1. The molecule has 2 atom stereocenters. The van der Waals surface area contributed by atoms with Gasteiger partial charge in [-0.15, -0.1) is 0 Å². The quantitative estimate of drug-likeness (QED) is 0.840. The molecule has 1 saturated heterocycles. The number of hydrogen-bond acceptors (Lipinski definition) is 3. The summed E-state index contributed by atoms with van der Waals surface area (Å²) in [5.41, 5.74) is 0. The first-order chi connectivity index (χ1) is 8.85. The van der Waals surface area contributed by atoms with E-state index >= 15 is 0 Å². The Hall–Kier alpha value is -0.870. The fourth-order valence-corrected chi connectivity index (χ4v) is 2.67. The van der Waals surface area contributed by atoms with Gasteiger partial charge in [-0.05, 0) is 32.7 Å². The van der Waals surface area contributed by atoms with Gasteiger partial charge < -0.3 is 14.6 Å². The van der Waals surface area contributed by atoms with E-state index in [4.69, 9.17) is 4.74 Å². The van der Waals surface area contributed by atoms with Crippen LogP contribution in [0.2, 0.25) is 0 Å². The minimum atomic E-state index is 0.343. The average molecular weight is 251 g/mol. The van der Waals surface area contributed by atoms with Gasteiger partial charge in [0.15, 0.2) is 0 Å². The van der Waals surface area contributed by atoms with Crippen LogP contribution in [0.3, 0.4) is 0 Å². The summed E-state index contributed by atoms with van der Waals surface area (Å²) < 4.78 is 8.14. The fourth-order valence-electron chi connectivity index (χ4n) is 2.67. The number of aromatic nitrogens is 2. The second-order valence-corrected chi connectivity index (χ2v) is 5.04. The first-order valence-corrected chi connectivity index (χ1v) is 7.14. The molecule has 1 aromatic heterocycles. The number of hydrogen-bond donors (Lipinski definition) is 1. The van der Waals surface area contributed by atoms with E-state index in [2.05, 4.69) is 28.0 Å². The summed E-state index contributed by atoms with van der Waals surface area (Å²) in [6, 6.07) is 0.378. The summed E-state index contributed by atoms with van der Waals surface area (Å²) in [7, 11) is 2.02. The molecule has 18 heavy (non-hydrogen) atoms. The van der Waals surface area contributed by atoms with Crippen molar-refractivity contribution < 1.29 is 4.74 Å². The highest BCUT2D eigenvalue weighted by atomic mass is 16.5. The first kappa shape index (κ1) is 13.6. The molecule has 4 nitrogen and oxygen atoms in total. The Bertz CT molecular complexity index is 345. The lowest BCUT2D eigenvalue weighted by Crippen LogP contribution is -2.43. The molecule has 1 aliphatic heterocycles. The minimum Gasteiger partial charge on any atom is -0.377 e. The normalized spacial score (nSPS) is 22.0. The fraction of sp³-hybridized carbons (Fsp3) is 0.786. The van der Waals surface area contributed by atoms with Crippen molar-refractivity contribution in [2.75, 3.05) is 13.7 Å². The Morgan fingerprint density at radius 1 is 1.56 bits per heavy atom. The maximum atomic E-state index is 5.88. The summed E-state index contributed by atoms with van der Waals surface area (Å²) in [5.74, 6) is 1.17. The molecule has 1 fully saturated rings. The van der Waals surface area contributed by atoms with E-state index in [1.54, 1.807) is 0 Å².